The van der Waals surface area contributed by atoms with Crippen LogP contribution in [0.15, 0.2) is 0 Å². The Morgan fingerprint density at radius 2 is 1.90 bits per heavy atom. The number of carbonyl (C=O) groups excluding carboxylic acids is 1. The molecule has 1 unspecified atom stereocenters. The Kier molecular flexibility index (Phi) is 5.39. The van der Waals surface area contributed by atoms with Crippen LogP contribution in [-0.4, -0.2) is 43.3 Å². The van der Waals surface area contributed by atoms with Crippen LogP contribution in [0.5, 0.6) is 0 Å². The van der Waals surface area contributed by atoms with Gasteiger partial charge in [-0.3, -0.25) is 0 Å². The Balaban J connectivity index is 1.35. The lowest BCUT2D eigenvalue weighted by atomic mass is 10.0. The molecule has 0 radical (unpaired) electrons. The topological polar surface area (TPSA) is 41.6 Å². The second-order valence-corrected chi connectivity index (χ2v) is 7.14. The minimum Gasteiger partial charge on any atom is -0.381 e. The standard InChI is InChI=1S/C17H30N2O2/c20-17(18-10-3-6-14-4-1-2-5-14)19(16-7-8-16)12-15-9-11-21-13-15/h14-16H,1-13H2,(H,18,20). The van der Waals surface area contributed by atoms with Crippen molar-refractivity contribution < 1.29 is 9.53 Å². The molecule has 0 spiro atoms. The number of carbonyl (C=O) groups is 1. The molecule has 21 heavy (non-hydrogen) atoms. The van der Waals surface area contributed by atoms with Crippen molar-refractivity contribution >= 4 is 6.03 Å². The van der Waals surface area contributed by atoms with E-state index < -0.39 is 0 Å². The summed E-state index contributed by atoms with van der Waals surface area (Å²) in [5, 5.41) is 3.15. The molecule has 1 atom stereocenters. The lowest BCUT2D eigenvalue weighted by Crippen LogP contribution is -2.44. The maximum absolute atomic E-state index is 12.4. The summed E-state index contributed by atoms with van der Waals surface area (Å²) in [6.45, 7) is 3.43. The van der Waals surface area contributed by atoms with Crippen molar-refractivity contribution in [1.29, 1.82) is 0 Å². The highest BCUT2D eigenvalue weighted by Crippen LogP contribution is 2.29. The number of urea groups is 1. The Labute approximate surface area is 128 Å². The molecule has 4 heteroatoms. The molecule has 3 aliphatic rings. The van der Waals surface area contributed by atoms with Gasteiger partial charge >= 0.3 is 6.03 Å². The zero-order chi connectivity index (χ0) is 14.5. The molecule has 2 amide bonds. The summed E-state index contributed by atoms with van der Waals surface area (Å²) in [6.07, 6.45) is 11.5. The predicted molar refractivity (Wildman–Crippen MR) is 83.2 cm³/mol. The van der Waals surface area contributed by atoms with Crippen molar-refractivity contribution in [3.8, 4) is 0 Å². The van der Waals surface area contributed by atoms with E-state index >= 15 is 0 Å². The average Bonchev–Trinajstić information content (AvgIpc) is 2.99. The number of hydrogen-bond acceptors (Lipinski definition) is 2. The van der Waals surface area contributed by atoms with Gasteiger partial charge in [0.1, 0.15) is 0 Å². The van der Waals surface area contributed by atoms with E-state index in [1.54, 1.807) is 0 Å². The molecular formula is C17H30N2O2. The summed E-state index contributed by atoms with van der Waals surface area (Å²) >= 11 is 0. The second-order valence-electron chi connectivity index (χ2n) is 7.14. The molecule has 0 aromatic heterocycles. The fourth-order valence-electron chi connectivity index (χ4n) is 3.78. The Morgan fingerprint density at radius 3 is 2.57 bits per heavy atom. The molecule has 3 fully saturated rings. The molecule has 3 rings (SSSR count). The van der Waals surface area contributed by atoms with Crippen LogP contribution in [0.3, 0.4) is 0 Å². The largest absolute Gasteiger partial charge is 0.381 e. The van der Waals surface area contributed by atoms with E-state index in [2.05, 4.69) is 10.2 Å². The lowest BCUT2D eigenvalue weighted by molar-refractivity contribution is 0.162. The molecule has 2 aliphatic carbocycles. The van der Waals surface area contributed by atoms with Crippen LogP contribution < -0.4 is 5.32 Å². The molecule has 4 nitrogen and oxygen atoms in total. The van der Waals surface area contributed by atoms with Crippen molar-refractivity contribution in [2.45, 2.75) is 63.8 Å². The molecule has 1 aliphatic heterocycles. The third-order valence-corrected chi connectivity index (χ3v) is 5.27. The van der Waals surface area contributed by atoms with Crippen LogP contribution in [0.1, 0.15) is 57.8 Å². The van der Waals surface area contributed by atoms with Gasteiger partial charge in [-0.25, -0.2) is 4.79 Å². The molecular weight excluding hydrogens is 264 g/mol. The Bertz CT molecular complexity index is 332. The van der Waals surface area contributed by atoms with Crippen LogP contribution >= 0.6 is 0 Å². The summed E-state index contributed by atoms with van der Waals surface area (Å²) in [6, 6.07) is 0.663. The van der Waals surface area contributed by atoms with Crippen LogP contribution in [0.4, 0.5) is 4.79 Å². The van der Waals surface area contributed by atoms with Gasteiger partial charge in [-0.2, -0.15) is 0 Å². The molecule has 0 aromatic rings. The van der Waals surface area contributed by atoms with E-state index in [1.165, 1.54) is 44.9 Å². The first-order valence-corrected chi connectivity index (χ1v) is 8.95. The highest BCUT2D eigenvalue weighted by atomic mass is 16.5. The number of ether oxygens (including phenoxy) is 1. The first kappa shape index (κ1) is 15.1. The van der Waals surface area contributed by atoms with E-state index in [1.807, 2.05) is 0 Å². The monoisotopic (exact) mass is 294 g/mol. The summed E-state index contributed by atoms with van der Waals surface area (Å²) in [5.41, 5.74) is 0. The van der Waals surface area contributed by atoms with E-state index in [4.69, 9.17) is 4.74 Å². The minimum absolute atomic E-state index is 0.163. The van der Waals surface area contributed by atoms with Gasteiger partial charge in [0.25, 0.3) is 0 Å². The first-order valence-electron chi connectivity index (χ1n) is 8.95. The van der Waals surface area contributed by atoms with Gasteiger partial charge in [0, 0.05) is 31.7 Å². The Morgan fingerprint density at radius 1 is 1.10 bits per heavy atom. The average molecular weight is 294 g/mol. The summed E-state index contributed by atoms with van der Waals surface area (Å²) < 4.78 is 5.43. The van der Waals surface area contributed by atoms with E-state index in [0.29, 0.717) is 12.0 Å². The third-order valence-electron chi connectivity index (χ3n) is 5.27. The van der Waals surface area contributed by atoms with Crippen molar-refractivity contribution in [2.75, 3.05) is 26.3 Å². The van der Waals surface area contributed by atoms with Crippen LogP contribution in [-0.2, 0) is 4.74 Å². The fraction of sp³-hybridized carbons (Fsp3) is 0.941. The Hall–Kier alpha value is -0.770. The lowest BCUT2D eigenvalue weighted by Gasteiger charge is -2.25. The van der Waals surface area contributed by atoms with E-state index in [-0.39, 0.29) is 6.03 Å². The fourth-order valence-corrected chi connectivity index (χ4v) is 3.78. The zero-order valence-electron chi connectivity index (χ0n) is 13.2. The van der Waals surface area contributed by atoms with Gasteiger partial charge in [0.15, 0.2) is 0 Å². The third kappa shape index (κ3) is 4.60. The summed E-state index contributed by atoms with van der Waals surface area (Å²) in [4.78, 5) is 14.5. The quantitative estimate of drug-likeness (QED) is 0.733. The van der Waals surface area contributed by atoms with Gasteiger partial charge in [-0.1, -0.05) is 25.7 Å². The summed E-state index contributed by atoms with van der Waals surface area (Å²) in [7, 11) is 0. The smallest absolute Gasteiger partial charge is 0.317 e. The van der Waals surface area contributed by atoms with E-state index in [0.717, 1.165) is 45.1 Å². The molecule has 1 N–H and O–H groups in total. The highest BCUT2D eigenvalue weighted by molar-refractivity contribution is 5.74. The molecule has 0 aromatic carbocycles. The van der Waals surface area contributed by atoms with Crippen LogP contribution in [0.2, 0.25) is 0 Å². The number of nitrogens with zero attached hydrogens (tertiary/aromatic N) is 1. The van der Waals surface area contributed by atoms with E-state index in [9.17, 15) is 4.79 Å². The first-order chi connectivity index (χ1) is 10.3. The van der Waals surface area contributed by atoms with Gasteiger partial charge < -0.3 is 15.0 Å². The van der Waals surface area contributed by atoms with Crippen LogP contribution in [0.25, 0.3) is 0 Å². The maximum atomic E-state index is 12.4. The second kappa shape index (κ2) is 7.48. The normalized spacial score (nSPS) is 26.2. The van der Waals surface area contributed by atoms with Gasteiger partial charge in [0.2, 0.25) is 0 Å². The minimum atomic E-state index is 0.163. The number of hydrogen-bond donors (Lipinski definition) is 1. The molecule has 0 bridgehead atoms. The molecule has 2 saturated carbocycles. The maximum Gasteiger partial charge on any atom is 0.317 e. The van der Waals surface area contributed by atoms with Crippen molar-refractivity contribution in [3.05, 3.63) is 0 Å². The van der Waals surface area contributed by atoms with Gasteiger partial charge in [-0.15, -0.1) is 0 Å². The molecule has 120 valence electrons. The number of amides is 2. The van der Waals surface area contributed by atoms with Gasteiger partial charge in [-0.05, 0) is 38.0 Å². The SMILES string of the molecule is O=C(NCCCC1CCCC1)N(CC1CCOC1)C1CC1. The van der Waals surface area contributed by atoms with Crippen molar-refractivity contribution in [2.24, 2.45) is 11.8 Å². The zero-order valence-corrected chi connectivity index (χ0v) is 13.2. The summed E-state index contributed by atoms with van der Waals surface area (Å²) in [5.74, 6) is 1.48. The highest BCUT2D eigenvalue weighted by Gasteiger charge is 2.34. The molecule has 1 saturated heterocycles. The van der Waals surface area contributed by atoms with Crippen LogP contribution in [0, 0.1) is 11.8 Å². The predicted octanol–water partition coefficient (Wildman–Crippen LogP) is 3.17. The van der Waals surface area contributed by atoms with Gasteiger partial charge in [0.05, 0.1) is 6.61 Å². The molecule has 1 heterocycles. The van der Waals surface area contributed by atoms with Crippen molar-refractivity contribution in [1.82, 2.24) is 10.2 Å². The number of nitrogens with one attached hydrogen (secondary N) is 1. The van der Waals surface area contributed by atoms with Crippen molar-refractivity contribution in [3.63, 3.8) is 0 Å². The number of rotatable bonds is 7.